The summed E-state index contributed by atoms with van der Waals surface area (Å²) >= 11 is 0. The third kappa shape index (κ3) is 4.51. The molecule has 2 aliphatic rings. The van der Waals surface area contributed by atoms with Crippen LogP contribution in [0.2, 0.25) is 0 Å². The van der Waals surface area contributed by atoms with E-state index in [1.54, 1.807) is 4.90 Å². The van der Waals surface area contributed by atoms with Crippen LogP contribution >= 0.6 is 0 Å². The minimum atomic E-state index is -0.102. The number of nitrogens with zero attached hydrogens (tertiary/aromatic N) is 1. The monoisotopic (exact) mass is 346 g/mol. The fourth-order valence-electron chi connectivity index (χ4n) is 3.26. The van der Waals surface area contributed by atoms with E-state index >= 15 is 0 Å². The fourth-order valence-corrected chi connectivity index (χ4v) is 3.26. The summed E-state index contributed by atoms with van der Waals surface area (Å²) in [5, 5.41) is 2.86. The van der Waals surface area contributed by atoms with E-state index in [0.717, 1.165) is 36.4 Å². The van der Waals surface area contributed by atoms with Gasteiger partial charge in [-0.05, 0) is 44.4 Å². The second-order valence-electron chi connectivity index (χ2n) is 6.84. The van der Waals surface area contributed by atoms with Crippen LogP contribution in [0.25, 0.3) is 0 Å². The highest BCUT2D eigenvalue weighted by atomic mass is 16.5. The minimum absolute atomic E-state index is 0.0470. The summed E-state index contributed by atoms with van der Waals surface area (Å²) < 4.78 is 11.3. The molecule has 0 saturated carbocycles. The highest BCUT2D eigenvalue weighted by Gasteiger charge is 2.27. The number of fused-ring (bicyclic) bond motifs is 1. The number of hydrogen-bond donors (Lipinski definition) is 1. The number of nitrogens with one attached hydrogen (secondary N) is 1. The summed E-state index contributed by atoms with van der Waals surface area (Å²) in [7, 11) is 0. The molecule has 1 aromatic carbocycles. The molecule has 1 aromatic rings. The first-order valence-electron chi connectivity index (χ1n) is 8.99. The highest BCUT2D eigenvalue weighted by Crippen LogP contribution is 2.34. The van der Waals surface area contributed by atoms with E-state index in [2.05, 4.69) is 5.32 Å². The van der Waals surface area contributed by atoms with Gasteiger partial charge in [0.05, 0.1) is 18.3 Å². The first-order chi connectivity index (χ1) is 12.0. The predicted molar refractivity (Wildman–Crippen MR) is 94.8 cm³/mol. The van der Waals surface area contributed by atoms with Gasteiger partial charge in [-0.25, -0.2) is 0 Å². The normalized spacial score (nSPS) is 22.2. The number of ether oxygens (including phenoxy) is 2. The first kappa shape index (κ1) is 17.7. The van der Waals surface area contributed by atoms with Gasteiger partial charge in [0.15, 0.2) is 0 Å². The smallest absolute Gasteiger partial charge is 0.227 e. The van der Waals surface area contributed by atoms with Crippen LogP contribution in [-0.2, 0) is 14.3 Å². The first-order valence-corrected chi connectivity index (χ1v) is 8.99. The SMILES string of the molecule is Cc1ccc2c(c1)N(C(=O)CCC(=O)NCC1CCCO1)CC(C)O2. The lowest BCUT2D eigenvalue weighted by molar-refractivity contribution is -0.125. The van der Waals surface area contributed by atoms with Crippen molar-refractivity contribution in [3.05, 3.63) is 23.8 Å². The second-order valence-corrected chi connectivity index (χ2v) is 6.84. The van der Waals surface area contributed by atoms with Crippen LogP contribution in [0.1, 0.15) is 38.2 Å². The molecular weight excluding hydrogens is 320 g/mol. The third-order valence-electron chi connectivity index (χ3n) is 4.59. The van der Waals surface area contributed by atoms with Gasteiger partial charge in [0, 0.05) is 26.0 Å². The molecule has 2 aliphatic heterocycles. The average Bonchev–Trinajstić information content (AvgIpc) is 3.11. The number of rotatable bonds is 5. The molecule has 136 valence electrons. The van der Waals surface area contributed by atoms with Gasteiger partial charge in [0.25, 0.3) is 0 Å². The van der Waals surface area contributed by atoms with Gasteiger partial charge >= 0.3 is 0 Å². The molecule has 1 saturated heterocycles. The maximum absolute atomic E-state index is 12.6. The van der Waals surface area contributed by atoms with Gasteiger partial charge in [-0.15, -0.1) is 0 Å². The molecule has 0 aromatic heterocycles. The number of hydrogen-bond acceptors (Lipinski definition) is 4. The number of carbonyl (C=O) groups is 2. The van der Waals surface area contributed by atoms with Gasteiger partial charge in [0.1, 0.15) is 11.9 Å². The number of benzene rings is 1. The Morgan fingerprint density at radius 2 is 2.16 bits per heavy atom. The van der Waals surface area contributed by atoms with Crippen molar-refractivity contribution in [3.8, 4) is 5.75 Å². The zero-order valence-electron chi connectivity index (χ0n) is 14.9. The summed E-state index contributed by atoms with van der Waals surface area (Å²) in [4.78, 5) is 26.4. The zero-order valence-corrected chi connectivity index (χ0v) is 14.9. The van der Waals surface area contributed by atoms with Crippen molar-refractivity contribution in [1.82, 2.24) is 5.32 Å². The van der Waals surface area contributed by atoms with Crippen molar-refractivity contribution < 1.29 is 19.1 Å². The predicted octanol–water partition coefficient (Wildman–Crippen LogP) is 2.18. The largest absolute Gasteiger partial charge is 0.487 e. The van der Waals surface area contributed by atoms with Gasteiger partial charge in [-0.2, -0.15) is 0 Å². The van der Waals surface area contributed by atoms with Crippen LogP contribution in [-0.4, -0.2) is 43.7 Å². The Bertz CT molecular complexity index is 640. The molecule has 1 N–H and O–H groups in total. The molecule has 3 rings (SSSR count). The molecule has 2 heterocycles. The van der Waals surface area contributed by atoms with E-state index in [0.29, 0.717) is 13.1 Å². The zero-order chi connectivity index (χ0) is 17.8. The van der Waals surface area contributed by atoms with Gasteiger partial charge in [-0.3, -0.25) is 9.59 Å². The summed E-state index contributed by atoms with van der Waals surface area (Å²) in [5.74, 6) is 0.574. The molecule has 2 amide bonds. The molecule has 2 unspecified atom stereocenters. The van der Waals surface area contributed by atoms with Crippen molar-refractivity contribution in [2.45, 2.75) is 51.7 Å². The molecule has 0 bridgehead atoms. The molecule has 0 aliphatic carbocycles. The topological polar surface area (TPSA) is 67.9 Å². The Kier molecular flexibility index (Phi) is 5.58. The standard InChI is InChI=1S/C19H26N2O4/c1-13-5-6-17-16(10-13)21(12-14(2)25-17)19(23)8-7-18(22)20-11-15-4-3-9-24-15/h5-6,10,14-15H,3-4,7-9,11-12H2,1-2H3,(H,20,22). The average molecular weight is 346 g/mol. The molecule has 1 fully saturated rings. The van der Waals surface area contributed by atoms with Gasteiger partial charge in [-0.1, -0.05) is 6.07 Å². The van der Waals surface area contributed by atoms with Crippen LogP contribution in [0.15, 0.2) is 18.2 Å². The van der Waals surface area contributed by atoms with Crippen molar-refractivity contribution >= 4 is 17.5 Å². The van der Waals surface area contributed by atoms with Crippen LogP contribution in [0.5, 0.6) is 5.75 Å². The molecule has 25 heavy (non-hydrogen) atoms. The van der Waals surface area contributed by atoms with E-state index in [1.807, 2.05) is 32.0 Å². The maximum atomic E-state index is 12.6. The molecule has 0 spiro atoms. The van der Waals surface area contributed by atoms with E-state index in [9.17, 15) is 9.59 Å². The summed E-state index contributed by atoms with van der Waals surface area (Å²) in [6, 6.07) is 5.82. The Hall–Kier alpha value is -2.08. The van der Waals surface area contributed by atoms with E-state index in [-0.39, 0.29) is 36.9 Å². The highest BCUT2D eigenvalue weighted by molar-refractivity contribution is 5.97. The summed E-state index contributed by atoms with van der Waals surface area (Å²) in [6.07, 6.45) is 2.48. The lowest BCUT2D eigenvalue weighted by Crippen LogP contribution is -2.42. The van der Waals surface area contributed by atoms with Crippen molar-refractivity contribution in [3.63, 3.8) is 0 Å². The van der Waals surface area contributed by atoms with Crippen LogP contribution in [0.3, 0.4) is 0 Å². The fraction of sp³-hybridized carbons (Fsp3) is 0.579. The van der Waals surface area contributed by atoms with Gasteiger partial charge < -0.3 is 19.7 Å². The lowest BCUT2D eigenvalue weighted by Gasteiger charge is -2.33. The van der Waals surface area contributed by atoms with Crippen LogP contribution in [0.4, 0.5) is 5.69 Å². The summed E-state index contributed by atoms with van der Waals surface area (Å²) in [6.45, 7) is 5.74. The molecule has 6 heteroatoms. The van der Waals surface area contributed by atoms with E-state index < -0.39 is 0 Å². The van der Waals surface area contributed by atoms with Crippen molar-refractivity contribution in [2.24, 2.45) is 0 Å². The molecular formula is C19H26N2O4. The van der Waals surface area contributed by atoms with E-state index in [1.165, 1.54) is 0 Å². The Balaban J connectivity index is 1.54. The van der Waals surface area contributed by atoms with E-state index in [4.69, 9.17) is 9.47 Å². The van der Waals surface area contributed by atoms with Crippen LogP contribution < -0.4 is 15.0 Å². The molecule has 2 atom stereocenters. The maximum Gasteiger partial charge on any atom is 0.227 e. The minimum Gasteiger partial charge on any atom is -0.487 e. The molecule has 6 nitrogen and oxygen atoms in total. The second kappa shape index (κ2) is 7.87. The number of aryl methyl sites for hydroxylation is 1. The van der Waals surface area contributed by atoms with Crippen LogP contribution in [0, 0.1) is 6.92 Å². The Labute approximate surface area is 148 Å². The third-order valence-corrected chi connectivity index (χ3v) is 4.59. The quantitative estimate of drug-likeness (QED) is 0.887. The molecule has 0 radical (unpaired) electrons. The van der Waals surface area contributed by atoms with Gasteiger partial charge in [0.2, 0.25) is 11.8 Å². The summed E-state index contributed by atoms with van der Waals surface area (Å²) in [5.41, 5.74) is 1.87. The van der Waals surface area contributed by atoms with Crippen molar-refractivity contribution in [2.75, 3.05) is 24.6 Å². The van der Waals surface area contributed by atoms with Crippen molar-refractivity contribution in [1.29, 1.82) is 0 Å². The number of anilines is 1. The Morgan fingerprint density at radius 1 is 1.32 bits per heavy atom. The number of carbonyl (C=O) groups excluding carboxylic acids is 2. The number of amides is 2. The lowest BCUT2D eigenvalue weighted by atomic mass is 10.1. The Morgan fingerprint density at radius 3 is 2.92 bits per heavy atom.